The predicted octanol–water partition coefficient (Wildman–Crippen LogP) is 4.45. The van der Waals surface area contributed by atoms with E-state index in [4.69, 9.17) is 18.7 Å². The highest BCUT2D eigenvalue weighted by Gasteiger charge is 2.20. The van der Waals surface area contributed by atoms with Gasteiger partial charge in [0.2, 0.25) is 0 Å². The van der Waals surface area contributed by atoms with E-state index in [1.165, 1.54) is 6.92 Å². The lowest BCUT2D eigenvalue weighted by atomic mass is 10.2. The van der Waals surface area contributed by atoms with E-state index in [2.05, 4.69) is 10.5 Å². The summed E-state index contributed by atoms with van der Waals surface area (Å²) in [4.78, 5) is 24.9. The molecule has 0 spiro atoms. The van der Waals surface area contributed by atoms with Crippen molar-refractivity contribution in [1.29, 1.82) is 0 Å². The van der Waals surface area contributed by atoms with E-state index < -0.39 is 18.0 Å². The summed E-state index contributed by atoms with van der Waals surface area (Å²) < 4.78 is 21.6. The molecule has 1 aromatic heterocycles. The SMILES string of the molecule is CCOc1ccc(NC(=O)C(C)OC(=O)c2cccc(OCc3c(C)noc3C)c2)cc1. The molecule has 3 rings (SSSR count). The molecule has 8 nitrogen and oxygen atoms in total. The van der Waals surface area contributed by atoms with Crippen molar-refractivity contribution >= 4 is 17.6 Å². The fraction of sp³-hybridized carbons (Fsp3) is 0.292. The number of rotatable bonds is 9. The highest BCUT2D eigenvalue weighted by molar-refractivity contribution is 5.97. The lowest BCUT2D eigenvalue weighted by Crippen LogP contribution is -2.30. The van der Waals surface area contributed by atoms with E-state index in [-0.39, 0.29) is 12.2 Å². The van der Waals surface area contributed by atoms with E-state index in [1.807, 2.05) is 20.8 Å². The number of hydrogen-bond acceptors (Lipinski definition) is 7. The van der Waals surface area contributed by atoms with Crippen LogP contribution < -0.4 is 14.8 Å². The molecule has 1 amide bonds. The Morgan fingerprint density at radius 3 is 2.47 bits per heavy atom. The van der Waals surface area contributed by atoms with Gasteiger partial charge in [-0.2, -0.15) is 0 Å². The third-order valence-electron chi connectivity index (χ3n) is 4.72. The average molecular weight is 438 g/mol. The fourth-order valence-electron chi connectivity index (χ4n) is 2.90. The highest BCUT2D eigenvalue weighted by Crippen LogP contribution is 2.20. The van der Waals surface area contributed by atoms with Crippen molar-refractivity contribution in [3.05, 3.63) is 71.1 Å². The molecule has 3 aromatic rings. The molecule has 0 radical (unpaired) electrons. The molecule has 0 aliphatic carbocycles. The summed E-state index contributed by atoms with van der Waals surface area (Å²) in [7, 11) is 0. The van der Waals surface area contributed by atoms with Gasteiger partial charge in [0.15, 0.2) is 6.10 Å². The van der Waals surface area contributed by atoms with Gasteiger partial charge in [0.05, 0.1) is 23.4 Å². The summed E-state index contributed by atoms with van der Waals surface area (Å²) >= 11 is 0. The zero-order chi connectivity index (χ0) is 23.1. The minimum Gasteiger partial charge on any atom is -0.494 e. The summed E-state index contributed by atoms with van der Waals surface area (Å²) in [5.41, 5.74) is 2.47. The molecule has 1 unspecified atom stereocenters. The molecule has 1 N–H and O–H groups in total. The predicted molar refractivity (Wildman–Crippen MR) is 118 cm³/mol. The fourth-order valence-corrected chi connectivity index (χ4v) is 2.90. The number of aromatic nitrogens is 1. The van der Waals surface area contributed by atoms with Gasteiger partial charge in [-0.05, 0) is 70.2 Å². The van der Waals surface area contributed by atoms with Crippen LogP contribution in [0.4, 0.5) is 5.69 Å². The van der Waals surface area contributed by atoms with Crippen LogP contribution in [0.2, 0.25) is 0 Å². The molecule has 0 aliphatic heterocycles. The van der Waals surface area contributed by atoms with Crippen molar-refractivity contribution in [3.63, 3.8) is 0 Å². The van der Waals surface area contributed by atoms with Gasteiger partial charge < -0.3 is 24.1 Å². The first-order valence-electron chi connectivity index (χ1n) is 10.3. The summed E-state index contributed by atoms with van der Waals surface area (Å²) in [6, 6.07) is 13.5. The van der Waals surface area contributed by atoms with Gasteiger partial charge in [-0.25, -0.2) is 4.79 Å². The second-order valence-electron chi connectivity index (χ2n) is 7.11. The van der Waals surface area contributed by atoms with Gasteiger partial charge in [0.1, 0.15) is 23.9 Å². The molecule has 1 heterocycles. The van der Waals surface area contributed by atoms with Crippen molar-refractivity contribution in [3.8, 4) is 11.5 Å². The Labute approximate surface area is 186 Å². The van der Waals surface area contributed by atoms with Gasteiger partial charge in [0, 0.05) is 5.69 Å². The van der Waals surface area contributed by atoms with E-state index in [0.29, 0.717) is 29.6 Å². The number of carbonyl (C=O) groups excluding carboxylic acids is 2. The first-order chi connectivity index (χ1) is 15.4. The molecule has 32 heavy (non-hydrogen) atoms. The maximum absolute atomic E-state index is 12.5. The van der Waals surface area contributed by atoms with Gasteiger partial charge in [-0.15, -0.1) is 0 Å². The maximum Gasteiger partial charge on any atom is 0.339 e. The Morgan fingerprint density at radius 1 is 1.06 bits per heavy atom. The molecular weight excluding hydrogens is 412 g/mol. The van der Waals surface area contributed by atoms with Crippen LogP contribution in [0.15, 0.2) is 53.1 Å². The maximum atomic E-state index is 12.5. The topological polar surface area (TPSA) is 99.9 Å². The van der Waals surface area contributed by atoms with Crippen molar-refractivity contribution in [2.45, 2.75) is 40.4 Å². The number of nitrogens with one attached hydrogen (secondary N) is 1. The molecule has 2 aromatic carbocycles. The number of amides is 1. The van der Waals surface area contributed by atoms with E-state index in [1.54, 1.807) is 48.5 Å². The lowest BCUT2D eigenvalue weighted by molar-refractivity contribution is -0.123. The second-order valence-corrected chi connectivity index (χ2v) is 7.11. The molecule has 0 aliphatic rings. The Hall–Kier alpha value is -3.81. The Kier molecular flexibility index (Phi) is 7.49. The van der Waals surface area contributed by atoms with E-state index in [0.717, 1.165) is 11.3 Å². The minimum atomic E-state index is -0.985. The second kappa shape index (κ2) is 10.5. The standard InChI is InChI=1S/C24H26N2O6/c1-5-29-20-11-9-19(10-12-20)25-23(27)17(4)31-24(28)18-7-6-8-21(13-18)30-14-22-15(2)26-32-16(22)3/h6-13,17H,5,14H2,1-4H3,(H,25,27). The lowest BCUT2D eigenvalue weighted by Gasteiger charge is -2.14. The first-order valence-corrected chi connectivity index (χ1v) is 10.3. The average Bonchev–Trinajstić information content (AvgIpc) is 3.11. The van der Waals surface area contributed by atoms with Crippen molar-refractivity contribution in [2.75, 3.05) is 11.9 Å². The van der Waals surface area contributed by atoms with Crippen LogP contribution in [0.25, 0.3) is 0 Å². The van der Waals surface area contributed by atoms with Crippen LogP contribution >= 0.6 is 0 Å². The largest absolute Gasteiger partial charge is 0.494 e. The molecule has 1 atom stereocenters. The van der Waals surface area contributed by atoms with Gasteiger partial charge in [0.25, 0.3) is 5.91 Å². The van der Waals surface area contributed by atoms with Crippen LogP contribution in [0.3, 0.4) is 0 Å². The van der Waals surface area contributed by atoms with Crippen LogP contribution in [0.5, 0.6) is 11.5 Å². The third-order valence-corrected chi connectivity index (χ3v) is 4.72. The first kappa shape index (κ1) is 22.9. The zero-order valence-corrected chi connectivity index (χ0v) is 18.5. The van der Waals surface area contributed by atoms with Crippen molar-refractivity contribution < 1.29 is 28.3 Å². The summed E-state index contributed by atoms with van der Waals surface area (Å²) in [6.45, 7) is 7.88. The van der Waals surface area contributed by atoms with Crippen molar-refractivity contribution in [2.24, 2.45) is 0 Å². The van der Waals surface area contributed by atoms with Gasteiger partial charge >= 0.3 is 5.97 Å². The normalized spacial score (nSPS) is 11.5. The third kappa shape index (κ3) is 5.87. The number of benzene rings is 2. The van der Waals surface area contributed by atoms with Crippen LogP contribution in [0, 0.1) is 13.8 Å². The number of nitrogens with zero attached hydrogens (tertiary/aromatic N) is 1. The Balaban J connectivity index is 1.56. The van der Waals surface area contributed by atoms with Gasteiger partial charge in [-0.1, -0.05) is 11.2 Å². The van der Waals surface area contributed by atoms with Crippen LogP contribution in [-0.4, -0.2) is 29.7 Å². The number of carbonyl (C=O) groups is 2. The smallest absolute Gasteiger partial charge is 0.339 e. The molecule has 168 valence electrons. The number of ether oxygens (including phenoxy) is 3. The number of hydrogen-bond donors (Lipinski definition) is 1. The summed E-state index contributed by atoms with van der Waals surface area (Å²) in [5, 5.41) is 6.61. The molecule has 8 heteroatoms. The Morgan fingerprint density at radius 2 is 1.81 bits per heavy atom. The number of anilines is 1. The zero-order valence-electron chi connectivity index (χ0n) is 18.5. The Bertz CT molecular complexity index is 1050. The van der Waals surface area contributed by atoms with Crippen LogP contribution in [-0.2, 0) is 16.1 Å². The quantitative estimate of drug-likeness (QED) is 0.493. The molecule has 0 saturated heterocycles. The molecule has 0 bridgehead atoms. The van der Waals surface area contributed by atoms with Gasteiger partial charge in [-0.3, -0.25) is 4.79 Å². The number of esters is 1. The van der Waals surface area contributed by atoms with E-state index >= 15 is 0 Å². The molecular formula is C24H26N2O6. The molecule has 0 saturated carbocycles. The van der Waals surface area contributed by atoms with Crippen molar-refractivity contribution in [1.82, 2.24) is 5.16 Å². The van der Waals surface area contributed by atoms with E-state index in [9.17, 15) is 9.59 Å². The van der Waals surface area contributed by atoms with Crippen LogP contribution in [0.1, 0.15) is 41.2 Å². The molecule has 0 fully saturated rings. The minimum absolute atomic E-state index is 0.264. The summed E-state index contributed by atoms with van der Waals surface area (Å²) in [5.74, 6) is 0.827. The highest BCUT2D eigenvalue weighted by atomic mass is 16.5. The summed E-state index contributed by atoms with van der Waals surface area (Å²) in [6.07, 6.45) is -0.985. The monoisotopic (exact) mass is 438 g/mol. The number of aryl methyl sites for hydroxylation is 2.